The molecule has 108 valence electrons. The normalized spacial score (nSPS) is 12.9. The van der Waals surface area contributed by atoms with Gasteiger partial charge in [-0.25, -0.2) is 9.37 Å². The molecule has 0 fully saturated rings. The van der Waals surface area contributed by atoms with Crippen LogP contribution < -0.4 is 11.1 Å². The van der Waals surface area contributed by atoms with E-state index < -0.39 is 6.04 Å². The lowest BCUT2D eigenvalue weighted by Gasteiger charge is -2.17. The van der Waals surface area contributed by atoms with Crippen molar-refractivity contribution in [1.29, 1.82) is 0 Å². The lowest BCUT2D eigenvalue weighted by atomic mass is 10.2. The fourth-order valence-electron chi connectivity index (χ4n) is 2.17. The lowest BCUT2D eigenvalue weighted by molar-refractivity contribution is -0.124. The van der Waals surface area contributed by atoms with Gasteiger partial charge < -0.3 is 11.1 Å². The van der Waals surface area contributed by atoms with Crippen LogP contribution in [0.2, 0.25) is 0 Å². The molecule has 1 heterocycles. The molecule has 20 heavy (non-hydrogen) atoms. The van der Waals surface area contributed by atoms with Crippen molar-refractivity contribution in [2.45, 2.75) is 39.8 Å². The van der Waals surface area contributed by atoms with Gasteiger partial charge in [-0.05, 0) is 39.3 Å². The summed E-state index contributed by atoms with van der Waals surface area (Å²) in [5, 5.41) is 2.83. The number of halogens is 1. The standard InChI is InChI=1S/C14H19FN4O/c1-7(2)17-13(20)9(4)19-12-5-8(3)10(15)6-11(12)18-14(19)16/h5-7,9H,1-4H3,(H2,16,18)(H,17,20). The van der Waals surface area contributed by atoms with Gasteiger partial charge in [0.2, 0.25) is 11.9 Å². The highest BCUT2D eigenvalue weighted by Gasteiger charge is 2.21. The molecule has 0 saturated carbocycles. The maximum atomic E-state index is 13.6. The SMILES string of the molecule is Cc1cc2c(cc1F)nc(N)n2C(C)C(=O)NC(C)C. The molecule has 0 aliphatic heterocycles. The van der Waals surface area contributed by atoms with Gasteiger partial charge in [-0.15, -0.1) is 0 Å². The van der Waals surface area contributed by atoms with E-state index in [0.29, 0.717) is 16.6 Å². The number of hydrogen-bond donors (Lipinski definition) is 2. The van der Waals surface area contributed by atoms with E-state index in [9.17, 15) is 9.18 Å². The minimum absolute atomic E-state index is 0.0418. The third kappa shape index (κ3) is 2.45. The number of fused-ring (bicyclic) bond motifs is 1. The molecule has 3 N–H and O–H groups in total. The fraction of sp³-hybridized carbons (Fsp3) is 0.429. The number of aromatic nitrogens is 2. The minimum Gasteiger partial charge on any atom is -0.369 e. The number of aryl methyl sites for hydroxylation is 1. The van der Waals surface area contributed by atoms with Gasteiger partial charge in [0, 0.05) is 12.1 Å². The van der Waals surface area contributed by atoms with Gasteiger partial charge in [-0.3, -0.25) is 9.36 Å². The molecule has 6 heteroatoms. The summed E-state index contributed by atoms with van der Waals surface area (Å²) >= 11 is 0. The Hall–Kier alpha value is -2.11. The number of nitrogen functional groups attached to an aromatic ring is 1. The van der Waals surface area contributed by atoms with Crippen LogP contribution >= 0.6 is 0 Å². The molecule has 1 amide bonds. The van der Waals surface area contributed by atoms with Crippen LogP contribution in [0.5, 0.6) is 0 Å². The number of amides is 1. The molecule has 1 aromatic heterocycles. The molecule has 1 aromatic carbocycles. The van der Waals surface area contributed by atoms with Crippen LogP contribution in [0.3, 0.4) is 0 Å². The van der Waals surface area contributed by atoms with Crippen LogP contribution in [0.4, 0.5) is 10.3 Å². The lowest BCUT2D eigenvalue weighted by Crippen LogP contribution is -2.36. The molecule has 5 nitrogen and oxygen atoms in total. The number of benzene rings is 1. The number of carbonyl (C=O) groups excluding carboxylic acids is 1. The van der Waals surface area contributed by atoms with Crippen LogP contribution in [0, 0.1) is 12.7 Å². The Morgan fingerprint density at radius 1 is 1.40 bits per heavy atom. The highest BCUT2D eigenvalue weighted by molar-refractivity contribution is 5.86. The number of hydrogen-bond acceptors (Lipinski definition) is 3. The molecule has 2 rings (SSSR count). The molecule has 0 radical (unpaired) electrons. The molecular formula is C14H19FN4O. The van der Waals surface area contributed by atoms with Gasteiger partial charge in [-0.2, -0.15) is 0 Å². The minimum atomic E-state index is -0.507. The van der Waals surface area contributed by atoms with Gasteiger partial charge in [0.05, 0.1) is 11.0 Å². The second-order valence-corrected chi connectivity index (χ2v) is 5.27. The van der Waals surface area contributed by atoms with Gasteiger partial charge in [0.25, 0.3) is 0 Å². The Morgan fingerprint density at radius 2 is 2.05 bits per heavy atom. The van der Waals surface area contributed by atoms with Gasteiger partial charge in [0.15, 0.2) is 0 Å². The fourth-order valence-corrected chi connectivity index (χ4v) is 2.17. The molecule has 2 aromatic rings. The van der Waals surface area contributed by atoms with Crippen LogP contribution in [-0.4, -0.2) is 21.5 Å². The first-order chi connectivity index (χ1) is 9.31. The first kappa shape index (κ1) is 14.3. The maximum absolute atomic E-state index is 13.6. The highest BCUT2D eigenvalue weighted by Crippen LogP contribution is 2.25. The summed E-state index contributed by atoms with van der Waals surface area (Å²) in [4.78, 5) is 16.2. The zero-order chi connectivity index (χ0) is 15.0. The Morgan fingerprint density at radius 3 is 2.65 bits per heavy atom. The van der Waals surface area contributed by atoms with Crippen molar-refractivity contribution in [2.75, 3.05) is 5.73 Å². The van der Waals surface area contributed by atoms with Crippen molar-refractivity contribution in [3.63, 3.8) is 0 Å². The Labute approximate surface area is 117 Å². The van der Waals surface area contributed by atoms with Crippen molar-refractivity contribution in [1.82, 2.24) is 14.9 Å². The number of anilines is 1. The molecule has 0 spiro atoms. The largest absolute Gasteiger partial charge is 0.369 e. The summed E-state index contributed by atoms with van der Waals surface area (Å²) < 4.78 is 15.2. The number of nitrogens with two attached hydrogens (primary N) is 1. The Kier molecular flexibility index (Phi) is 3.65. The first-order valence-corrected chi connectivity index (χ1v) is 6.55. The average molecular weight is 278 g/mol. The molecule has 0 aliphatic carbocycles. The maximum Gasteiger partial charge on any atom is 0.243 e. The van der Waals surface area contributed by atoms with Gasteiger partial charge in [-0.1, -0.05) is 0 Å². The van der Waals surface area contributed by atoms with E-state index >= 15 is 0 Å². The highest BCUT2D eigenvalue weighted by atomic mass is 19.1. The van der Waals surface area contributed by atoms with E-state index in [4.69, 9.17) is 5.73 Å². The summed E-state index contributed by atoms with van der Waals surface area (Å²) in [6, 6.07) is 2.53. The van der Waals surface area contributed by atoms with E-state index in [1.54, 1.807) is 24.5 Å². The quantitative estimate of drug-likeness (QED) is 0.903. The summed E-state index contributed by atoms with van der Waals surface area (Å²) in [5.41, 5.74) is 7.48. The summed E-state index contributed by atoms with van der Waals surface area (Å²) in [7, 11) is 0. The van der Waals surface area contributed by atoms with Crippen molar-refractivity contribution in [2.24, 2.45) is 0 Å². The van der Waals surface area contributed by atoms with Crippen molar-refractivity contribution in [3.05, 3.63) is 23.5 Å². The summed E-state index contributed by atoms with van der Waals surface area (Å²) in [6.07, 6.45) is 0. The van der Waals surface area contributed by atoms with Crippen molar-refractivity contribution in [3.8, 4) is 0 Å². The summed E-state index contributed by atoms with van der Waals surface area (Å²) in [6.45, 7) is 7.19. The molecule has 1 unspecified atom stereocenters. The Balaban J connectivity index is 2.51. The number of nitrogens with zero attached hydrogens (tertiary/aromatic N) is 2. The van der Waals surface area contributed by atoms with Crippen molar-refractivity contribution < 1.29 is 9.18 Å². The van der Waals surface area contributed by atoms with Crippen LogP contribution in [0.15, 0.2) is 12.1 Å². The third-order valence-corrected chi connectivity index (χ3v) is 3.19. The zero-order valence-corrected chi connectivity index (χ0v) is 12.1. The molecular weight excluding hydrogens is 259 g/mol. The second kappa shape index (κ2) is 5.11. The zero-order valence-electron chi connectivity index (χ0n) is 12.1. The van der Waals surface area contributed by atoms with Crippen LogP contribution in [0.25, 0.3) is 11.0 Å². The van der Waals surface area contributed by atoms with E-state index in [0.717, 1.165) is 0 Å². The topological polar surface area (TPSA) is 72.9 Å². The molecule has 0 aliphatic rings. The van der Waals surface area contributed by atoms with E-state index in [1.165, 1.54) is 6.07 Å². The molecule has 0 saturated heterocycles. The molecule has 1 atom stereocenters. The van der Waals surface area contributed by atoms with Crippen LogP contribution in [0.1, 0.15) is 32.4 Å². The first-order valence-electron chi connectivity index (χ1n) is 6.55. The van der Waals surface area contributed by atoms with E-state index in [1.807, 2.05) is 13.8 Å². The molecule has 0 bridgehead atoms. The number of carbonyl (C=O) groups is 1. The Bertz CT molecular complexity index is 663. The predicted molar refractivity (Wildman–Crippen MR) is 76.8 cm³/mol. The smallest absolute Gasteiger partial charge is 0.243 e. The summed E-state index contributed by atoms with van der Waals surface area (Å²) in [5.74, 6) is -0.272. The van der Waals surface area contributed by atoms with Gasteiger partial charge in [0.1, 0.15) is 11.9 Å². The van der Waals surface area contributed by atoms with E-state index in [-0.39, 0.29) is 23.7 Å². The monoisotopic (exact) mass is 278 g/mol. The average Bonchev–Trinajstić information content (AvgIpc) is 2.63. The van der Waals surface area contributed by atoms with E-state index in [2.05, 4.69) is 10.3 Å². The number of rotatable bonds is 3. The third-order valence-electron chi connectivity index (χ3n) is 3.19. The second-order valence-electron chi connectivity index (χ2n) is 5.27. The number of nitrogens with one attached hydrogen (secondary N) is 1. The predicted octanol–water partition coefficient (Wildman–Crippen LogP) is 2.15. The number of imidazole rings is 1. The van der Waals surface area contributed by atoms with Crippen LogP contribution in [-0.2, 0) is 4.79 Å². The van der Waals surface area contributed by atoms with Gasteiger partial charge >= 0.3 is 0 Å². The van der Waals surface area contributed by atoms with Crippen molar-refractivity contribution >= 4 is 22.9 Å².